The summed E-state index contributed by atoms with van der Waals surface area (Å²) in [5, 5.41) is 12.3. The van der Waals surface area contributed by atoms with Crippen molar-refractivity contribution in [3.63, 3.8) is 0 Å². The molecular formula is C12H20N4O3. The van der Waals surface area contributed by atoms with E-state index in [0.29, 0.717) is 24.7 Å². The highest BCUT2D eigenvalue weighted by atomic mass is 16.5. The normalized spacial score (nSPS) is 23.3. The van der Waals surface area contributed by atoms with Gasteiger partial charge in [0.05, 0.1) is 25.9 Å². The highest BCUT2D eigenvalue weighted by Crippen LogP contribution is 2.33. The predicted octanol–water partition coefficient (Wildman–Crippen LogP) is 0.113. The second kappa shape index (κ2) is 6.03. The molecular weight excluding hydrogens is 248 g/mol. The third-order valence-electron chi connectivity index (χ3n) is 3.06. The van der Waals surface area contributed by atoms with E-state index in [1.54, 1.807) is 14.2 Å². The van der Waals surface area contributed by atoms with Crippen LogP contribution in [0.4, 0.5) is 11.6 Å². The first-order chi connectivity index (χ1) is 9.19. The van der Waals surface area contributed by atoms with E-state index in [1.165, 1.54) is 6.33 Å². The number of anilines is 2. The molecule has 0 bridgehead atoms. The van der Waals surface area contributed by atoms with Crippen LogP contribution in [0.5, 0.6) is 5.75 Å². The molecule has 19 heavy (non-hydrogen) atoms. The van der Waals surface area contributed by atoms with E-state index in [2.05, 4.69) is 20.2 Å². The topological polar surface area (TPSA) is 79.7 Å². The lowest BCUT2D eigenvalue weighted by Gasteiger charge is -2.37. The lowest BCUT2D eigenvalue weighted by atomic mass is 10.2. The number of hydrogen-bond donors (Lipinski definition) is 2. The fourth-order valence-electron chi connectivity index (χ4n) is 2.27. The van der Waals surface area contributed by atoms with Crippen LogP contribution in [0, 0.1) is 0 Å². The number of methoxy groups -OCH3 is 1. The maximum atomic E-state index is 9.27. The van der Waals surface area contributed by atoms with Crippen molar-refractivity contribution in [3.05, 3.63) is 6.33 Å². The quantitative estimate of drug-likeness (QED) is 0.802. The number of aromatic nitrogens is 2. The number of aliphatic hydroxyl groups excluding tert-OH is 1. The van der Waals surface area contributed by atoms with Crippen molar-refractivity contribution < 1.29 is 14.6 Å². The van der Waals surface area contributed by atoms with E-state index in [4.69, 9.17) is 9.47 Å². The minimum atomic E-state index is -0.207. The summed E-state index contributed by atoms with van der Waals surface area (Å²) in [7, 11) is 3.38. The Kier molecular flexibility index (Phi) is 4.39. The first kappa shape index (κ1) is 13.8. The van der Waals surface area contributed by atoms with E-state index in [-0.39, 0.29) is 18.8 Å². The summed E-state index contributed by atoms with van der Waals surface area (Å²) in [4.78, 5) is 10.5. The van der Waals surface area contributed by atoms with Crippen LogP contribution in [0.1, 0.15) is 6.92 Å². The van der Waals surface area contributed by atoms with Crippen LogP contribution >= 0.6 is 0 Å². The number of nitrogens with one attached hydrogen (secondary N) is 1. The third-order valence-corrected chi connectivity index (χ3v) is 3.06. The molecule has 2 unspecified atom stereocenters. The summed E-state index contributed by atoms with van der Waals surface area (Å²) in [5.41, 5.74) is 0. The average Bonchev–Trinajstić information content (AvgIpc) is 2.45. The number of rotatable bonds is 4. The molecule has 2 heterocycles. The highest BCUT2D eigenvalue weighted by Gasteiger charge is 2.28. The summed E-state index contributed by atoms with van der Waals surface area (Å²) in [6, 6.07) is 0. The fourth-order valence-corrected chi connectivity index (χ4v) is 2.27. The van der Waals surface area contributed by atoms with Gasteiger partial charge in [-0.05, 0) is 6.92 Å². The summed E-state index contributed by atoms with van der Waals surface area (Å²) < 4.78 is 11.0. The molecule has 2 atom stereocenters. The van der Waals surface area contributed by atoms with Gasteiger partial charge in [0.15, 0.2) is 11.6 Å². The minimum absolute atomic E-state index is 0.00682. The van der Waals surface area contributed by atoms with Crippen LogP contribution in [-0.2, 0) is 4.74 Å². The van der Waals surface area contributed by atoms with Gasteiger partial charge in [0.1, 0.15) is 6.33 Å². The van der Waals surface area contributed by atoms with Crippen molar-refractivity contribution in [1.82, 2.24) is 9.97 Å². The van der Waals surface area contributed by atoms with Gasteiger partial charge in [0.2, 0.25) is 5.75 Å². The number of morpholine rings is 1. The summed E-state index contributed by atoms with van der Waals surface area (Å²) in [6.45, 7) is 3.25. The molecule has 1 aromatic heterocycles. The van der Waals surface area contributed by atoms with E-state index < -0.39 is 0 Å². The maximum Gasteiger partial charge on any atom is 0.204 e. The molecule has 0 amide bonds. The van der Waals surface area contributed by atoms with Crippen LogP contribution < -0.4 is 15.0 Å². The minimum Gasteiger partial charge on any atom is -0.490 e. The lowest BCUT2D eigenvalue weighted by molar-refractivity contribution is -0.0423. The SMILES string of the molecule is CNc1ncnc(N2CC(C)OC(CO)C2)c1OC. The fraction of sp³-hybridized carbons (Fsp3) is 0.667. The monoisotopic (exact) mass is 268 g/mol. The van der Waals surface area contributed by atoms with Crippen molar-refractivity contribution >= 4 is 11.6 Å². The second-order valence-electron chi connectivity index (χ2n) is 4.49. The summed E-state index contributed by atoms with van der Waals surface area (Å²) in [6.07, 6.45) is 1.32. The molecule has 0 aromatic carbocycles. The van der Waals surface area contributed by atoms with Gasteiger partial charge in [-0.25, -0.2) is 9.97 Å². The zero-order chi connectivity index (χ0) is 13.8. The molecule has 1 aromatic rings. The molecule has 0 saturated carbocycles. The van der Waals surface area contributed by atoms with Gasteiger partial charge >= 0.3 is 0 Å². The number of hydrogen-bond acceptors (Lipinski definition) is 7. The number of ether oxygens (including phenoxy) is 2. The van der Waals surface area contributed by atoms with Crippen molar-refractivity contribution in [3.8, 4) is 5.75 Å². The van der Waals surface area contributed by atoms with Gasteiger partial charge in [-0.3, -0.25) is 0 Å². The Hall–Kier alpha value is -1.60. The smallest absolute Gasteiger partial charge is 0.204 e. The van der Waals surface area contributed by atoms with Gasteiger partial charge in [0.25, 0.3) is 0 Å². The van der Waals surface area contributed by atoms with E-state index in [1.807, 2.05) is 6.92 Å². The second-order valence-corrected chi connectivity index (χ2v) is 4.49. The largest absolute Gasteiger partial charge is 0.490 e. The zero-order valence-electron chi connectivity index (χ0n) is 11.5. The lowest BCUT2D eigenvalue weighted by Crippen LogP contribution is -2.48. The van der Waals surface area contributed by atoms with Crippen molar-refractivity contribution in [1.29, 1.82) is 0 Å². The summed E-state index contributed by atoms with van der Waals surface area (Å²) >= 11 is 0. The Morgan fingerprint density at radius 2 is 2.32 bits per heavy atom. The molecule has 1 fully saturated rings. The Morgan fingerprint density at radius 1 is 1.53 bits per heavy atom. The first-order valence-electron chi connectivity index (χ1n) is 6.27. The van der Waals surface area contributed by atoms with E-state index >= 15 is 0 Å². The summed E-state index contributed by atoms with van der Waals surface area (Å²) in [5.74, 6) is 1.97. The Morgan fingerprint density at radius 3 is 2.95 bits per heavy atom. The molecule has 2 rings (SSSR count). The van der Waals surface area contributed by atoms with Crippen molar-refractivity contribution in [2.45, 2.75) is 19.1 Å². The highest BCUT2D eigenvalue weighted by molar-refractivity contribution is 5.64. The van der Waals surface area contributed by atoms with Crippen LogP contribution in [-0.4, -0.2) is 61.1 Å². The molecule has 0 spiro atoms. The van der Waals surface area contributed by atoms with Gasteiger partial charge in [-0.2, -0.15) is 0 Å². The molecule has 2 N–H and O–H groups in total. The van der Waals surface area contributed by atoms with Crippen molar-refractivity contribution in [2.75, 3.05) is 44.1 Å². The molecule has 7 nitrogen and oxygen atoms in total. The zero-order valence-corrected chi connectivity index (χ0v) is 11.5. The first-order valence-corrected chi connectivity index (χ1v) is 6.27. The van der Waals surface area contributed by atoms with Crippen LogP contribution in [0.3, 0.4) is 0 Å². The molecule has 1 aliphatic heterocycles. The van der Waals surface area contributed by atoms with E-state index in [0.717, 1.165) is 5.82 Å². The van der Waals surface area contributed by atoms with Crippen LogP contribution in [0.2, 0.25) is 0 Å². The Bertz CT molecular complexity index is 429. The van der Waals surface area contributed by atoms with Crippen LogP contribution in [0.25, 0.3) is 0 Å². The maximum absolute atomic E-state index is 9.27. The Labute approximate surface area is 112 Å². The van der Waals surface area contributed by atoms with Gasteiger partial charge < -0.3 is 24.8 Å². The standard InChI is InChI=1S/C12H20N4O3/c1-8-4-16(5-9(6-17)19-8)12-10(18-3)11(13-2)14-7-15-12/h7-9,17H,4-6H2,1-3H3,(H,13,14,15). The molecule has 0 radical (unpaired) electrons. The molecule has 1 aliphatic rings. The van der Waals surface area contributed by atoms with Crippen LogP contribution in [0.15, 0.2) is 6.33 Å². The molecule has 106 valence electrons. The molecule has 7 heteroatoms. The predicted molar refractivity (Wildman–Crippen MR) is 71.8 cm³/mol. The van der Waals surface area contributed by atoms with Gasteiger partial charge in [0, 0.05) is 20.1 Å². The Balaban J connectivity index is 2.30. The number of nitrogens with zero attached hydrogens (tertiary/aromatic N) is 3. The average molecular weight is 268 g/mol. The third kappa shape index (κ3) is 2.87. The number of aliphatic hydroxyl groups is 1. The van der Waals surface area contributed by atoms with Gasteiger partial charge in [-0.1, -0.05) is 0 Å². The molecule has 0 aliphatic carbocycles. The van der Waals surface area contributed by atoms with E-state index in [9.17, 15) is 5.11 Å². The van der Waals surface area contributed by atoms with Gasteiger partial charge in [-0.15, -0.1) is 0 Å². The van der Waals surface area contributed by atoms with Crippen molar-refractivity contribution in [2.24, 2.45) is 0 Å². The molecule has 1 saturated heterocycles.